The summed E-state index contributed by atoms with van der Waals surface area (Å²) in [5.41, 5.74) is 0.729. The Bertz CT molecular complexity index is 662. The quantitative estimate of drug-likeness (QED) is 0.841. The zero-order valence-electron chi connectivity index (χ0n) is 12.8. The third-order valence-corrected chi connectivity index (χ3v) is 3.99. The summed E-state index contributed by atoms with van der Waals surface area (Å²) in [4.78, 5) is 25.3. The molecule has 1 aromatic carbocycles. The molecule has 0 saturated carbocycles. The van der Waals surface area contributed by atoms with Crippen molar-refractivity contribution in [1.82, 2.24) is 4.90 Å². The van der Waals surface area contributed by atoms with E-state index in [1.54, 1.807) is 35.7 Å². The first-order valence-corrected chi connectivity index (χ1v) is 7.68. The molecule has 122 valence electrons. The summed E-state index contributed by atoms with van der Waals surface area (Å²) in [5, 5.41) is 10.8. The van der Waals surface area contributed by atoms with Crippen LogP contribution in [0.3, 0.4) is 0 Å². The van der Waals surface area contributed by atoms with Crippen molar-refractivity contribution in [2.45, 2.75) is 6.54 Å². The van der Waals surface area contributed by atoms with Crippen molar-refractivity contribution in [3.8, 4) is 11.5 Å². The molecule has 2 aromatic rings. The van der Waals surface area contributed by atoms with Gasteiger partial charge in [-0.05, 0) is 29.1 Å². The Morgan fingerprint density at radius 3 is 2.30 bits per heavy atom. The lowest BCUT2D eigenvalue weighted by atomic mass is 10.1. The number of carbonyl (C=O) groups excluding carboxylic acids is 1. The Morgan fingerprint density at radius 1 is 1.17 bits per heavy atom. The number of hydrogen-bond donors (Lipinski definition) is 1. The molecular weight excluding hydrogens is 318 g/mol. The fraction of sp³-hybridized carbons (Fsp3) is 0.250. The van der Waals surface area contributed by atoms with Gasteiger partial charge in [-0.25, -0.2) is 0 Å². The van der Waals surface area contributed by atoms with Gasteiger partial charge < -0.3 is 19.5 Å². The maximum Gasteiger partial charge on any atom is 0.323 e. The lowest BCUT2D eigenvalue weighted by Crippen LogP contribution is -2.34. The van der Waals surface area contributed by atoms with Crippen LogP contribution in [0, 0.1) is 0 Å². The van der Waals surface area contributed by atoms with E-state index < -0.39 is 5.97 Å². The first kappa shape index (κ1) is 16.8. The van der Waals surface area contributed by atoms with Crippen LogP contribution in [0.15, 0.2) is 35.7 Å². The minimum absolute atomic E-state index is 0.149. The highest BCUT2D eigenvalue weighted by molar-refractivity contribution is 7.12. The molecule has 1 amide bonds. The molecule has 1 aromatic heterocycles. The fourth-order valence-corrected chi connectivity index (χ4v) is 2.79. The SMILES string of the molecule is COc1cc(CN(CC(=O)O)C(=O)c2cccs2)cc(OC)c1. The van der Waals surface area contributed by atoms with Gasteiger partial charge in [0, 0.05) is 12.6 Å². The number of nitrogens with zero attached hydrogens (tertiary/aromatic N) is 1. The highest BCUT2D eigenvalue weighted by Gasteiger charge is 2.20. The van der Waals surface area contributed by atoms with E-state index in [1.807, 2.05) is 0 Å². The number of benzene rings is 1. The molecule has 0 fully saturated rings. The highest BCUT2D eigenvalue weighted by Crippen LogP contribution is 2.24. The Hall–Kier alpha value is -2.54. The van der Waals surface area contributed by atoms with E-state index in [0.717, 1.165) is 5.56 Å². The predicted octanol–water partition coefficient (Wildman–Crippen LogP) is 2.49. The molecular formula is C16H17NO5S. The molecule has 7 heteroatoms. The summed E-state index contributed by atoms with van der Waals surface area (Å²) in [6.45, 7) is -0.229. The number of amides is 1. The third-order valence-electron chi connectivity index (χ3n) is 3.13. The first-order valence-electron chi connectivity index (χ1n) is 6.80. The summed E-state index contributed by atoms with van der Waals surface area (Å²) >= 11 is 1.28. The molecule has 0 spiro atoms. The standard InChI is InChI=1S/C16H17NO5S/c1-21-12-6-11(7-13(8-12)22-2)9-17(10-15(18)19)16(20)14-4-3-5-23-14/h3-8H,9-10H2,1-2H3,(H,18,19). The van der Waals surface area contributed by atoms with Crippen molar-refractivity contribution >= 4 is 23.2 Å². The molecule has 23 heavy (non-hydrogen) atoms. The van der Waals surface area contributed by atoms with Gasteiger partial charge >= 0.3 is 5.97 Å². The van der Waals surface area contributed by atoms with E-state index in [1.165, 1.54) is 30.5 Å². The lowest BCUT2D eigenvalue weighted by molar-refractivity contribution is -0.137. The van der Waals surface area contributed by atoms with Crippen molar-refractivity contribution in [2.75, 3.05) is 20.8 Å². The molecule has 0 aliphatic carbocycles. The second kappa shape index (κ2) is 7.64. The minimum Gasteiger partial charge on any atom is -0.497 e. The van der Waals surface area contributed by atoms with Gasteiger partial charge in [-0.15, -0.1) is 11.3 Å². The van der Waals surface area contributed by atoms with E-state index >= 15 is 0 Å². The van der Waals surface area contributed by atoms with Gasteiger partial charge in [-0.2, -0.15) is 0 Å². The van der Waals surface area contributed by atoms with Gasteiger partial charge in [0.15, 0.2) is 0 Å². The average molecular weight is 335 g/mol. The van der Waals surface area contributed by atoms with Gasteiger partial charge in [0.2, 0.25) is 0 Å². The van der Waals surface area contributed by atoms with Gasteiger partial charge in [0.1, 0.15) is 18.0 Å². The molecule has 1 N–H and O–H groups in total. The molecule has 0 unspecified atom stereocenters. The molecule has 6 nitrogen and oxygen atoms in total. The number of thiophene rings is 1. The molecule has 1 heterocycles. The number of ether oxygens (including phenoxy) is 2. The normalized spacial score (nSPS) is 10.2. The van der Waals surface area contributed by atoms with Gasteiger partial charge in [-0.1, -0.05) is 6.07 Å². The Balaban J connectivity index is 2.27. The van der Waals surface area contributed by atoms with Crippen molar-refractivity contribution in [3.05, 3.63) is 46.2 Å². The van der Waals surface area contributed by atoms with Gasteiger partial charge in [0.05, 0.1) is 19.1 Å². The lowest BCUT2D eigenvalue weighted by Gasteiger charge is -2.21. The molecule has 0 aliphatic heterocycles. The first-order chi connectivity index (χ1) is 11.0. The summed E-state index contributed by atoms with van der Waals surface area (Å²) in [6, 6.07) is 8.64. The van der Waals surface area contributed by atoms with E-state index in [-0.39, 0.29) is 19.0 Å². The monoisotopic (exact) mass is 335 g/mol. The number of aliphatic carboxylic acids is 1. The number of hydrogen-bond acceptors (Lipinski definition) is 5. The van der Waals surface area contributed by atoms with Crippen molar-refractivity contribution in [3.63, 3.8) is 0 Å². The number of carboxylic acids is 1. The van der Waals surface area contributed by atoms with Crippen LogP contribution in [0.4, 0.5) is 0 Å². The summed E-state index contributed by atoms with van der Waals surface area (Å²) < 4.78 is 10.4. The smallest absolute Gasteiger partial charge is 0.323 e. The second-order valence-electron chi connectivity index (χ2n) is 4.75. The van der Waals surface area contributed by atoms with Crippen molar-refractivity contribution in [2.24, 2.45) is 0 Å². The zero-order chi connectivity index (χ0) is 16.8. The van der Waals surface area contributed by atoms with E-state index in [9.17, 15) is 9.59 Å². The van der Waals surface area contributed by atoms with Gasteiger partial charge in [0.25, 0.3) is 5.91 Å². The summed E-state index contributed by atoms with van der Waals surface area (Å²) in [7, 11) is 3.06. The van der Waals surface area contributed by atoms with E-state index in [4.69, 9.17) is 14.6 Å². The van der Waals surface area contributed by atoms with Crippen LogP contribution in [0.25, 0.3) is 0 Å². The highest BCUT2D eigenvalue weighted by atomic mass is 32.1. The Morgan fingerprint density at radius 2 is 1.83 bits per heavy atom. The maximum absolute atomic E-state index is 12.5. The number of carboxylic acid groups (broad SMARTS) is 1. The fourth-order valence-electron chi connectivity index (χ4n) is 2.10. The predicted molar refractivity (Wildman–Crippen MR) is 86.2 cm³/mol. The van der Waals surface area contributed by atoms with Crippen LogP contribution in [0.1, 0.15) is 15.2 Å². The molecule has 0 aliphatic rings. The minimum atomic E-state index is -1.07. The summed E-state index contributed by atoms with van der Waals surface area (Å²) in [5.74, 6) is -0.217. The largest absolute Gasteiger partial charge is 0.497 e. The molecule has 0 saturated heterocycles. The Kier molecular flexibility index (Phi) is 5.59. The van der Waals surface area contributed by atoms with Crippen LogP contribution >= 0.6 is 11.3 Å². The Labute approximate surface area is 137 Å². The molecule has 2 rings (SSSR count). The molecule has 0 bridgehead atoms. The van der Waals surface area contributed by atoms with Crippen LogP contribution in [-0.4, -0.2) is 42.6 Å². The van der Waals surface area contributed by atoms with E-state index in [0.29, 0.717) is 16.4 Å². The van der Waals surface area contributed by atoms with Crippen LogP contribution in [0.5, 0.6) is 11.5 Å². The number of carbonyl (C=O) groups is 2. The summed E-state index contributed by atoms with van der Waals surface area (Å²) in [6.07, 6.45) is 0. The van der Waals surface area contributed by atoms with Crippen LogP contribution in [-0.2, 0) is 11.3 Å². The van der Waals surface area contributed by atoms with Crippen molar-refractivity contribution in [1.29, 1.82) is 0 Å². The van der Waals surface area contributed by atoms with Crippen LogP contribution in [0.2, 0.25) is 0 Å². The molecule has 0 atom stereocenters. The van der Waals surface area contributed by atoms with Crippen LogP contribution < -0.4 is 9.47 Å². The second-order valence-corrected chi connectivity index (χ2v) is 5.70. The average Bonchev–Trinajstić information content (AvgIpc) is 3.07. The zero-order valence-corrected chi connectivity index (χ0v) is 13.6. The van der Waals surface area contributed by atoms with E-state index in [2.05, 4.69) is 0 Å². The number of methoxy groups -OCH3 is 2. The topological polar surface area (TPSA) is 76.1 Å². The van der Waals surface area contributed by atoms with Crippen molar-refractivity contribution < 1.29 is 24.2 Å². The number of rotatable bonds is 7. The maximum atomic E-state index is 12.5. The van der Waals surface area contributed by atoms with Gasteiger partial charge in [-0.3, -0.25) is 9.59 Å². The third kappa shape index (κ3) is 4.46. The molecule has 0 radical (unpaired) electrons.